The van der Waals surface area contributed by atoms with Gasteiger partial charge < -0.3 is 5.32 Å². The molecule has 0 unspecified atom stereocenters. The van der Waals surface area contributed by atoms with Crippen LogP contribution in [0, 0.1) is 0 Å². The van der Waals surface area contributed by atoms with Gasteiger partial charge in [-0.3, -0.25) is 9.78 Å². The molecule has 0 aliphatic rings. The molecule has 0 aliphatic carbocycles. The number of nitrogens with zero attached hydrogens (tertiary/aromatic N) is 1. The Hall–Kier alpha value is -3.03. The van der Waals surface area contributed by atoms with Crippen LogP contribution in [0.5, 0.6) is 0 Å². The van der Waals surface area contributed by atoms with Gasteiger partial charge in [0, 0.05) is 18.3 Å². The minimum absolute atomic E-state index is 0.146. The van der Waals surface area contributed by atoms with E-state index in [1.54, 1.807) is 48.7 Å². The molecular formula is C20H19N3O3S. The Morgan fingerprint density at radius 1 is 0.852 bits per heavy atom. The average Bonchev–Trinajstić information content (AvgIpc) is 2.72. The highest BCUT2D eigenvalue weighted by Gasteiger charge is 2.13. The molecule has 0 spiro atoms. The van der Waals surface area contributed by atoms with Crippen LogP contribution in [-0.4, -0.2) is 19.3 Å². The first-order valence-electron chi connectivity index (χ1n) is 8.36. The van der Waals surface area contributed by atoms with E-state index < -0.39 is 10.0 Å². The fraction of sp³-hybridized carbons (Fsp3) is 0.100. The topological polar surface area (TPSA) is 88.2 Å². The molecule has 27 heavy (non-hydrogen) atoms. The summed E-state index contributed by atoms with van der Waals surface area (Å²) in [5.74, 6) is -0.211. The quantitative estimate of drug-likeness (QED) is 0.658. The van der Waals surface area contributed by atoms with Crippen molar-refractivity contribution in [1.29, 1.82) is 0 Å². The number of aromatic nitrogens is 1. The predicted octanol–water partition coefficient (Wildman–Crippen LogP) is 2.49. The van der Waals surface area contributed by atoms with Crippen molar-refractivity contribution in [3.8, 4) is 0 Å². The van der Waals surface area contributed by atoms with Gasteiger partial charge in [-0.05, 0) is 42.0 Å². The third-order valence-electron chi connectivity index (χ3n) is 3.89. The second kappa shape index (κ2) is 8.57. The number of nitrogens with one attached hydrogen (secondary N) is 2. The molecule has 3 rings (SSSR count). The molecule has 2 aromatic carbocycles. The van der Waals surface area contributed by atoms with Crippen LogP contribution in [0.2, 0.25) is 0 Å². The molecule has 0 fully saturated rings. The molecular weight excluding hydrogens is 362 g/mol. The Morgan fingerprint density at radius 2 is 1.56 bits per heavy atom. The molecule has 1 heterocycles. The lowest BCUT2D eigenvalue weighted by Crippen LogP contribution is -2.24. The number of benzene rings is 2. The van der Waals surface area contributed by atoms with E-state index in [2.05, 4.69) is 15.0 Å². The summed E-state index contributed by atoms with van der Waals surface area (Å²) >= 11 is 0. The van der Waals surface area contributed by atoms with Gasteiger partial charge in [0.25, 0.3) is 5.91 Å². The Bertz CT molecular complexity index is 990. The molecule has 138 valence electrons. The SMILES string of the molecule is O=C(NCc1ccccn1)c1ccc(CNS(=O)(=O)c2ccccc2)cc1. The summed E-state index contributed by atoms with van der Waals surface area (Å²) in [6.07, 6.45) is 1.67. The summed E-state index contributed by atoms with van der Waals surface area (Å²) in [6.45, 7) is 0.491. The van der Waals surface area contributed by atoms with Gasteiger partial charge in [0.15, 0.2) is 0 Å². The zero-order valence-corrected chi connectivity index (χ0v) is 15.3. The number of rotatable bonds is 7. The van der Waals surface area contributed by atoms with Crippen molar-refractivity contribution in [1.82, 2.24) is 15.0 Å². The van der Waals surface area contributed by atoms with Gasteiger partial charge >= 0.3 is 0 Å². The van der Waals surface area contributed by atoms with E-state index in [0.29, 0.717) is 12.1 Å². The molecule has 0 bridgehead atoms. The fourth-order valence-corrected chi connectivity index (χ4v) is 3.45. The largest absolute Gasteiger partial charge is 0.346 e. The summed E-state index contributed by atoms with van der Waals surface area (Å²) in [7, 11) is -3.56. The van der Waals surface area contributed by atoms with E-state index in [4.69, 9.17) is 0 Å². The van der Waals surface area contributed by atoms with Gasteiger partial charge in [0.1, 0.15) is 0 Å². The van der Waals surface area contributed by atoms with Crippen LogP contribution in [0.1, 0.15) is 21.6 Å². The Labute approximate surface area is 158 Å². The van der Waals surface area contributed by atoms with Crippen molar-refractivity contribution in [2.24, 2.45) is 0 Å². The smallest absolute Gasteiger partial charge is 0.251 e. The molecule has 1 amide bonds. The van der Waals surface area contributed by atoms with E-state index in [-0.39, 0.29) is 17.3 Å². The predicted molar refractivity (Wildman–Crippen MR) is 102 cm³/mol. The van der Waals surface area contributed by atoms with Gasteiger partial charge in [0.05, 0.1) is 17.1 Å². The molecule has 1 aromatic heterocycles. The van der Waals surface area contributed by atoms with E-state index in [0.717, 1.165) is 11.3 Å². The van der Waals surface area contributed by atoms with E-state index in [1.165, 1.54) is 12.1 Å². The number of pyridine rings is 1. The second-order valence-corrected chi connectivity index (χ2v) is 7.61. The Morgan fingerprint density at radius 3 is 2.22 bits per heavy atom. The maximum absolute atomic E-state index is 12.2. The maximum Gasteiger partial charge on any atom is 0.251 e. The van der Waals surface area contributed by atoms with Crippen molar-refractivity contribution in [2.75, 3.05) is 0 Å². The van der Waals surface area contributed by atoms with Crippen LogP contribution >= 0.6 is 0 Å². The van der Waals surface area contributed by atoms with Crippen LogP contribution in [0.15, 0.2) is 83.9 Å². The maximum atomic E-state index is 12.2. The van der Waals surface area contributed by atoms with Crippen molar-refractivity contribution < 1.29 is 13.2 Å². The fourth-order valence-electron chi connectivity index (χ4n) is 2.41. The van der Waals surface area contributed by atoms with Gasteiger partial charge in [-0.25, -0.2) is 13.1 Å². The average molecular weight is 381 g/mol. The molecule has 0 saturated heterocycles. The van der Waals surface area contributed by atoms with Crippen LogP contribution in [0.3, 0.4) is 0 Å². The summed E-state index contributed by atoms with van der Waals surface area (Å²) in [6, 6.07) is 20.5. The Kier molecular flexibility index (Phi) is 5.95. The first kappa shape index (κ1) is 18.8. The molecule has 0 aliphatic heterocycles. The molecule has 0 atom stereocenters. The number of sulfonamides is 1. The zero-order valence-electron chi connectivity index (χ0n) is 14.5. The van der Waals surface area contributed by atoms with Crippen molar-refractivity contribution in [3.63, 3.8) is 0 Å². The van der Waals surface area contributed by atoms with E-state index >= 15 is 0 Å². The summed E-state index contributed by atoms with van der Waals surface area (Å²) in [4.78, 5) is 16.6. The lowest BCUT2D eigenvalue weighted by Gasteiger charge is -2.08. The summed E-state index contributed by atoms with van der Waals surface area (Å²) < 4.78 is 27.0. The highest BCUT2D eigenvalue weighted by atomic mass is 32.2. The van der Waals surface area contributed by atoms with Crippen LogP contribution in [0.25, 0.3) is 0 Å². The minimum atomic E-state index is -3.56. The van der Waals surface area contributed by atoms with Gasteiger partial charge in [0.2, 0.25) is 10.0 Å². The standard InChI is InChI=1S/C20H19N3O3S/c24-20(22-15-18-6-4-5-13-21-18)17-11-9-16(10-12-17)14-23-27(25,26)19-7-2-1-3-8-19/h1-13,23H,14-15H2,(H,22,24). The lowest BCUT2D eigenvalue weighted by molar-refractivity contribution is 0.0950. The molecule has 7 heteroatoms. The van der Waals surface area contributed by atoms with Crippen molar-refractivity contribution in [3.05, 3.63) is 95.8 Å². The Balaban J connectivity index is 1.56. The molecule has 2 N–H and O–H groups in total. The van der Waals surface area contributed by atoms with Crippen LogP contribution in [0.4, 0.5) is 0 Å². The number of carbonyl (C=O) groups excluding carboxylic acids is 1. The lowest BCUT2D eigenvalue weighted by atomic mass is 10.1. The normalized spacial score (nSPS) is 11.1. The second-order valence-electron chi connectivity index (χ2n) is 5.84. The molecule has 6 nitrogen and oxygen atoms in total. The number of hydrogen-bond acceptors (Lipinski definition) is 4. The summed E-state index contributed by atoms with van der Waals surface area (Å²) in [5.41, 5.74) is 2.04. The highest BCUT2D eigenvalue weighted by molar-refractivity contribution is 7.89. The van der Waals surface area contributed by atoms with Gasteiger partial charge in [-0.2, -0.15) is 0 Å². The first-order chi connectivity index (χ1) is 13.0. The van der Waals surface area contributed by atoms with Gasteiger partial charge in [-0.15, -0.1) is 0 Å². The monoisotopic (exact) mass is 381 g/mol. The molecule has 0 saturated carbocycles. The zero-order chi connectivity index (χ0) is 19.1. The minimum Gasteiger partial charge on any atom is -0.346 e. The van der Waals surface area contributed by atoms with Gasteiger partial charge in [-0.1, -0.05) is 36.4 Å². The molecule has 0 radical (unpaired) electrons. The number of hydrogen-bond donors (Lipinski definition) is 2. The number of amides is 1. The van der Waals surface area contributed by atoms with Crippen LogP contribution in [-0.2, 0) is 23.1 Å². The molecule has 3 aromatic rings. The van der Waals surface area contributed by atoms with E-state index in [1.807, 2.05) is 18.2 Å². The van der Waals surface area contributed by atoms with Crippen molar-refractivity contribution in [2.45, 2.75) is 18.0 Å². The third kappa shape index (κ3) is 5.22. The van der Waals surface area contributed by atoms with Crippen molar-refractivity contribution >= 4 is 15.9 Å². The first-order valence-corrected chi connectivity index (χ1v) is 9.85. The van der Waals surface area contributed by atoms with Crippen LogP contribution < -0.4 is 10.0 Å². The summed E-state index contributed by atoms with van der Waals surface area (Å²) in [5, 5.41) is 2.80. The van der Waals surface area contributed by atoms with E-state index in [9.17, 15) is 13.2 Å². The third-order valence-corrected chi connectivity index (χ3v) is 5.31. The highest BCUT2D eigenvalue weighted by Crippen LogP contribution is 2.10. The number of carbonyl (C=O) groups is 1.